The van der Waals surface area contributed by atoms with Gasteiger partial charge in [-0.15, -0.1) is 0 Å². The molecule has 0 bridgehead atoms. The Morgan fingerprint density at radius 2 is 1.52 bits per heavy atom. The van der Waals surface area contributed by atoms with Crippen molar-refractivity contribution in [1.29, 1.82) is 0 Å². The topological polar surface area (TPSA) is 98.9 Å². The summed E-state index contributed by atoms with van der Waals surface area (Å²) in [6.45, 7) is -0.0224. The lowest BCUT2D eigenvalue weighted by Gasteiger charge is -2.34. The number of Topliss-reactive ketones (excluding diaryl/α,β-unsaturated/α-hetero) is 1. The van der Waals surface area contributed by atoms with Gasteiger partial charge in [0.05, 0.1) is 18.8 Å². The van der Waals surface area contributed by atoms with E-state index in [1.54, 1.807) is 0 Å². The molecule has 2 aromatic carbocycles. The Morgan fingerprint density at radius 3 is 2.19 bits per heavy atom. The molecule has 168 valence electrons. The van der Waals surface area contributed by atoms with Crippen LogP contribution in [0.5, 0.6) is 0 Å². The fourth-order valence-corrected chi connectivity index (χ4v) is 4.57. The number of carbonyl (C=O) groups excluding carboxylic acids is 1. The van der Waals surface area contributed by atoms with Crippen LogP contribution in [-0.2, 0) is 26.5 Å². The van der Waals surface area contributed by atoms with Crippen LogP contribution in [0, 0.1) is 0 Å². The summed E-state index contributed by atoms with van der Waals surface area (Å²) in [5.41, 5.74) is 8.57. The second-order valence-corrected chi connectivity index (χ2v) is 9.85. The molecule has 1 saturated heterocycles. The van der Waals surface area contributed by atoms with E-state index in [9.17, 15) is 14.3 Å². The fourth-order valence-electron chi connectivity index (χ4n) is 3.65. The van der Waals surface area contributed by atoms with E-state index < -0.39 is 13.4 Å². The predicted octanol–water partition coefficient (Wildman–Crippen LogP) is 4.84. The third-order valence-corrected chi connectivity index (χ3v) is 6.59. The maximum absolute atomic E-state index is 12.4. The van der Waals surface area contributed by atoms with Crippen LogP contribution in [0.25, 0.3) is 0 Å². The van der Waals surface area contributed by atoms with Crippen LogP contribution >= 0.6 is 7.82 Å². The van der Waals surface area contributed by atoms with Crippen molar-refractivity contribution in [2.24, 2.45) is 5.73 Å². The largest absolute Gasteiger partial charge is 0.472 e. The highest BCUT2D eigenvalue weighted by Crippen LogP contribution is 2.47. The molecule has 0 aliphatic carbocycles. The zero-order valence-electron chi connectivity index (χ0n) is 17.9. The Labute approximate surface area is 184 Å². The maximum atomic E-state index is 12.4. The lowest BCUT2D eigenvalue weighted by atomic mass is 9.93. The summed E-state index contributed by atoms with van der Waals surface area (Å²) in [5.74, 6) is 0.178. The summed E-state index contributed by atoms with van der Waals surface area (Å²) in [6, 6.07) is 18.1. The molecule has 7 heteroatoms. The second kappa shape index (κ2) is 11.2. The van der Waals surface area contributed by atoms with Gasteiger partial charge >= 0.3 is 7.82 Å². The van der Waals surface area contributed by atoms with Crippen LogP contribution in [-0.4, -0.2) is 29.4 Å². The van der Waals surface area contributed by atoms with E-state index in [2.05, 4.69) is 24.3 Å². The molecule has 2 aromatic rings. The lowest BCUT2D eigenvalue weighted by molar-refractivity contribution is 0.0372. The average Bonchev–Trinajstić information content (AvgIpc) is 2.78. The molecular weight excluding hydrogens is 413 g/mol. The minimum Gasteiger partial charge on any atom is -0.321 e. The second-order valence-electron chi connectivity index (χ2n) is 8.40. The van der Waals surface area contributed by atoms with Gasteiger partial charge in [-0.1, -0.05) is 67.4 Å². The number of phosphoric acid groups is 1. The Kier molecular flexibility index (Phi) is 8.58. The third kappa shape index (κ3) is 7.99. The molecule has 3 rings (SSSR count). The molecule has 0 unspecified atom stereocenters. The molecule has 1 heterocycles. The molecule has 0 aromatic heterocycles. The number of carbonyl (C=O) groups is 1. The van der Waals surface area contributed by atoms with Gasteiger partial charge in [-0.05, 0) is 43.2 Å². The Hall–Kier alpha value is -1.82. The highest BCUT2D eigenvalue weighted by Gasteiger charge is 2.38. The van der Waals surface area contributed by atoms with Gasteiger partial charge in [0, 0.05) is 12.0 Å². The molecule has 1 aliphatic heterocycles. The number of ketones is 1. The monoisotopic (exact) mass is 445 g/mol. The summed E-state index contributed by atoms with van der Waals surface area (Å²) in [4.78, 5) is 21.7. The average molecular weight is 445 g/mol. The molecule has 1 aliphatic rings. The highest BCUT2D eigenvalue weighted by molar-refractivity contribution is 7.47. The van der Waals surface area contributed by atoms with Crippen molar-refractivity contribution in [1.82, 2.24) is 0 Å². The van der Waals surface area contributed by atoms with E-state index in [1.807, 2.05) is 30.3 Å². The predicted molar refractivity (Wildman–Crippen MR) is 121 cm³/mol. The number of rotatable bonds is 11. The van der Waals surface area contributed by atoms with Crippen molar-refractivity contribution in [3.63, 3.8) is 0 Å². The maximum Gasteiger partial charge on any atom is 0.472 e. The van der Waals surface area contributed by atoms with Crippen LogP contribution in [0.4, 0.5) is 0 Å². The SMILES string of the molecule is NC1(CCc2ccc(C(=O)CCCCCCc3ccccc3)cc2)COP(=O)(O)OC1. The van der Waals surface area contributed by atoms with Gasteiger partial charge < -0.3 is 10.6 Å². The summed E-state index contributed by atoms with van der Waals surface area (Å²) in [6.07, 6.45) is 7.19. The number of phosphoric ester groups is 1. The van der Waals surface area contributed by atoms with Gasteiger partial charge in [-0.3, -0.25) is 13.8 Å². The normalized spacial score (nSPS) is 23.5. The van der Waals surface area contributed by atoms with Crippen molar-refractivity contribution >= 4 is 13.6 Å². The first kappa shape index (κ1) is 23.8. The lowest BCUT2D eigenvalue weighted by Crippen LogP contribution is -2.51. The molecule has 6 nitrogen and oxygen atoms in total. The van der Waals surface area contributed by atoms with E-state index in [1.165, 1.54) is 5.56 Å². The third-order valence-electron chi connectivity index (χ3n) is 5.68. The molecule has 31 heavy (non-hydrogen) atoms. The number of aryl methyl sites for hydroxylation is 2. The summed E-state index contributed by atoms with van der Waals surface area (Å²) in [7, 11) is -3.93. The first-order chi connectivity index (χ1) is 14.9. The molecular formula is C24H32NO5P. The Balaban J connectivity index is 1.33. The van der Waals surface area contributed by atoms with E-state index in [0.29, 0.717) is 19.3 Å². The van der Waals surface area contributed by atoms with Gasteiger partial charge in [-0.2, -0.15) is 0 Å². The number of unbranched alkanes of at least 4 members (excludes halogenated alkanes) is 3. The van der Waals surface area contributed by atoms with Crippen LogP contribution in [0.2, 0.25) is 0 Å². The zero-order valence-corrected chi connectivity index (χ0v) is 18.8. The van der Waals surface area contributed by atoms with Crippen LogP contribution < -0.4 is 5.73 Å². The van der Waals surface area contributed by atoms with E-state index >= 15 is 0 Å². The number of benzene rings is 2. The van der Waals surface area contributed by atoms with Gasteiger partial charge in [-0.25, -0.2) is 4.57 Å². The summed E-state index contributed by atoms with van der Waals surface area (Å²) in [5, 5.41) is 0. The molecule has 0 amide bonds. The minimum absolute atomic E-state index is 0.0112. The van der Waals surface area contributed by atoms with Gasteiger partial charge in [0.1, 0.15) is 0 Å². The van der Waals surface area contributed by atoms with E-state index in [0.717, 1.165) is 43.2 Å². The molecule has 0 saturated carbocycles. The van der Waals surface area contributed by atoms with Crippen molar-refractivity contribution in [3.8, 4) is 0 Å². The summed E-state index contributed by atoms with van der Waals surface area (Å²) < 4.78 is 21.0. The highest BCUT2D eigenvalue weighted by atomic mass is 31.2. The number of hydrogen-bond acceptors (Lipinski definition) is 5. The molecule has 1 fully saturated rings. The number of hydrogen-bond donors (Lipinski definition) is 2. The molecule has 0 atom stereocenters. The Bertz CT molecular complexity index is 873. The van der Waals surface area contributed by atoms with Gasteiger partial charge in [0.15, 0.2) is 5.78 Å². The van der Waals surface area contributed by atoms with Gasteiger partial charge in [0.2, 0.25) is 0 Å². The van der Waals surface area contributed by atoms with Crippen LogP contribution in [0.15, 0.2) is 54.6 Å². The van der Waals surface area contributed by atoms with Crippen molar-refractivity contribution in [3.05, 3.63) is 71.3 Å². The van der Waals surface area contributed by atoms with Crippen LogP contribution in [0.1, 0.15) is 60.0 Å². The molecule has 3 N–H and O–H groups in total. The van der Waals surface area contributed by atoms with Crippen molar-refractivity contribution < 1.29 is 23.3 Å². The van der Waals surface area contributed by atoms with E-state index in [-0.39, 0.29) is 19.0 Å². The fraction of sp³-hybridized carbons (Fsp3) is 0.458. The zero-order chi connectivity index (χ0) is 22.2. The molecule has 0 radical (unpaired) electrons. The quantitative estimate of drug-likeness (QED) is 0.292. The minimum atomic E-state index is -3.93. The van der Waals surface area contributed by atoms with Gasteiger partial charge in [0.25, 0.3) is 0 Å². The van der Waals surface area contributed by atoms with E-state index in [4.69, 9.17) is 14.8 Å². The first-order valence-electron chi connectivity index (χ1n) is 10.9. The smallest absolute Gasteiger partial charge is 0.321 e. The Morgan fingerprint density at radius 1 is 0.903 bits per heavy atom. The summed E-state index contributed by atoms with van der Waals surface area (Å²) >= 11 is 0. The first-order valence-corrected chi connectivity index (χ1v) is 12.4. The van der Waals surface area contributed by atoms with Crippen molar-refractivity contribution in [2.45, 2.75) is 56.9 Å². The standard InChI is InChI=1S/C24H32NO5P/c25-24(18-29-31(27,28)30-19-24)17-16-21-12-14-22(15-13-21)23(26)11-7-2-1-4-8-20-9-5-3-6-10-20/h3,5-6,9-10,12-15H,1-2,4,7-8,11,16-19,25H2,(H,27,28). The molecule has 0 spiro atoms. The van der Waals surface area contributed by atoms with Crippen LogP contribution in [0.3, 0.4) is 0 Å². The number of nitrogens with two attached hydrogens (primary N) is 1. The van der Waals surface area contributed by atoms with Crippen molar-refractivity contribution in [2.75, 3.05) is 13.2 Å².